The number of rotatable bonds is 1. The quantitative estimate of drug-likeness (QED) is 0.784. The molecule has 1 aromatic rings. The van der Waals surface area contributed by atoms with E-state index >= 15 is 0 Å². The zero-order chi connectivity index (χ0) is 12.3. The maximum Gasteiger partial charge on any atom is 0.0992 e. The van der Waals surface area contributed by atoms with Crippen molar-refractivity contribution in [2.45, 2.75) is 26.2 Å². The van der Waals surface area contributed by atoms with Crippen molar-refractivity contribution in [3.05, 3.63) is 28.2 Å². The molecule has 0 bridgehead atoms. The largest absolute Gasteiger partial charge is 0.371 e. The van der Waals surface area contributed by atoms with Gasteiger partial charge in [0.1, 0.15) is 0 Å². The Morgan fingerprint density at radius 1 is 1.29 bits per heavy atom. The van der Waals surface area contributed by atoms with Crippen LogP contribution < -0.4 is 4.90 Å². The predicted molar refractivity (Wildman–Crippen MR) is 74.1 cm³/mol. The minimum Gasteiger partial charge on any atom is -0.371 e. The van der Waals surface area contributed by atoms with E-state index in [0.717, 1.165) is 29.0 Å². The van der Waals surface area contributed by atoms with E-state index in [1.54, 1.807) is 0 Å². The van der Waals surface area contributed by atoms with Gasteiger partial charge in [-0.3, -0.25) is 0 Å². The minimum absolute atomic E-state index is 0.728. The molecule has 0 aliphatic carbocycles. The first-order valence-corrected chi connectivity index (χ1v) is 6.94. The molecule has 1 aliphatic rings. The normalized spacial score (nSPS) is 20.8. The number of nitrogens with zero attached hydrogens (tertiary/aromatic N) is 2. The highest BCUT2D eigenvalue weighted by Gasteiger charge is 2.14. The summed E-state index contributed by atoms with van der Waals surface area (Å²) in [5.41, 5.74) is 1.90. The van der Waals surface area contributed by atoms with Gasteiger partial charge in [-0.05, 0) is 43.4 Å². The molecule has 0 saturated carbocycles. The topological polar surface area (TPSA) is 27.0 Å². The molecule has 2 nitrogen and oxygen atoms in total. The Hall–Kier alpha value is -1.01. The Bertz CT molecular complexity index is 436. The molecule has 17 heavy (non-hydrogen) atoms. The Labute approximate surface area is 111 Å². The van der Waals surface area contributed by atoms with Crippen LogP contribution in [-0.4, -0.2) is 13.1 Å². The molecule has 0 amide bonds. The SMILES string of the molecule is CC1CCCN(c2cc(Br)cc(C#N)c2)CC1. The second kappa shape index (κ2) is 5.55. The number of hydrogen-bond acceptors (Lipinski definition) is 2. The molecule has 0 aromatic heterocycles. The summed E-state index contributed by atoms with van der Waals surface area (Å²) in [6.45, 7) is 4.53. The average Bonchev–Trinajstić information content (AvgIpc) is 2.53. The zero-order valence-corrected chi connectivity index (χ0v) is 11.7. The molecule has 2 rings (SSSR count). The lowest BCUT2D eigenvalue weighted by atomic mass is 10.0. The van der Waals surface area contributed by atoms with Crippen LogP contribution >= 0.6 is 15.9 Å². The molecule has 3 heteroatoms. The van der Waals surface area contributed by atoms with Crippen molar-refractivity contribution in [3.8, 4) is 6.07 Å². The Morgan fingerprint density at radius 2 is 2.12 bits per heavy atom. The van der Waals surface area contributed by atoms with Crippen molar-refractivity contribution in [3.63, 3.8) is 0 Å². The van der Waals surface area contributed by atoms with E-state index in [9.17, 15) is 0 Å². The van der Waals surface area contributed by atoms with E-state index in [1.165, 1.54) is 24.9 Å². The smallest absolute Gasteiger partial charge is 0.0992 e. The number of anilines is 1. The third kappa shape index (κ3) is 3.23. The minimum atomic E-state index is 0.728. The van der Waals surface area contributed by atoms with Gasteiger partial charge in [-0.1, -0.05) is 22.9 Å². The van der Waals surface area contributed by atoms with Crippen molar-refractivity contribution in [1.82, 2.24) is 0 Å². The van der Waals surface area contributed by atoms with Gasteiger partial charge in [0.25, 0.3) is 0 Å². The monoisotopic (exact) mass is 292 g/mol. The van der Waals surface area contributed by atoms with Crippen LogP contribution in [0.2, 0.25) is 0 Å². The molecule has 1 aliphatic heterocycles. The van der Waals surface area contributed by atoms with E-state index in [2.05, 4.69) is 39.9 Å². The summed E-state index contributed by atoms with van der Waals surface area (Å²) in [6.07, 6.45) is 3.81. The second-order valence-corrected chi connectivity index (χ2v) is 5.75. The van der Waals surface area contributed by atoms with Crippen LogP contribution in [0.3, 0.4) is 0 Å². The summed E-state index contributed by atoms with van der Waals surface area (Å²) < 4.78 is 0.990. The fourth-order valence-corrected chi connectivity index (χ4v) is 2.82. The molecule has 1 heterocycles. The fourth-order valence-electron chi connectivity index (χ4n) is 2.34. The highest BCUT2D eigenvalue weighted by Crippen LogP contribution is 2.26. The van der Waals surface area contributed by atoms with Gasteiger partial charge in [0.05, 0.1) is 11.6 Å². The maximum atomic E-state index is 8.99. The highest BCUT2D eigenvalue weighted by atomic mass is 79.9. The van der Waals surface area contributed by atoms with Crippen molar-refractivity contribution in [2.75, 3.05) is 18.0 Å². The van der Waals surface area contributed by atoms with Crippen LogP contribution in [0.5, 0.6) is 0 Å². The first-order chi connectivity index (χ1) is 8.19. The predicted octanol–water partition coefficient (Wildman–Crippen LogP) is 3.95. The van der Waals surface area contributed by atoms with Crippen LogP contribution in [0.4, 0.5) is 5.69 Å². The van der Waals surface area contributed by atoms with Gasteiger partial charge in [0.15, 0.2) is 0 Å². The van der Waals surface area contributed by atoms with Crippen molar-refractivity contribution >= 4 is 21.6 Å². The molecule has 0 spiro atoms. The van der Waals surface area contributed by atoms with Gasteiger partial charge in [-0.15, -0.1) is 0 Å². The van der Waals surface area contributed by atoms with E-state index in [1.807, 2.05) is 12.1 Å². The molecule has 90 valence electrons. The fraction of sp³-hybridized carbons (Fsp3) is 0.500. The van der Waals surface area contributed by atoms with Crippen LogP contribution in [0, 0.1) is 17.2 Å². The molecule has 1 unspecified atom stereocenters. The molecule has 0 radical (unpaired) electrons. The number of halogens is 1. The number of nitriles is 1. The first-order valence-electron chi connectivity index (χ1n) is 6.14. The van der Waals surface area contributed by atoms with E-state index in [4.69, 9.17) is 5.26 Å². The van der Waals surface area contributed by atoms with Crippen molar-refractivity contribution in [2.24, 2.45) is 5.92 Å². The van der Waals surface area contributed by atoms with E-state index in [-0.39, 0.29) is 0 Å². The Balaban J connectivity index is 2.21. The third-order valence-electron chi connectivity index (χ3n) is 3.39. The lowest BCUT2D eigenvalue weighted by Gasteiger charge is -2.23. The lowest BCUT2D eigenvalue weighted by molar-refractivity contribution is 0.521. The molecule has 1 atom stereocenters. The molecule has 0 N–H and O–H groups in total. The van der Waals surface area contributed by atoms with Gasteiger partial charge in [-0.2, -0.15) is 5.26 Å². The summed E-state index contributed by atoms with van der Waals surface area (Å²) in [5.74, 6) is 0.822. The summed E-state index contributed by atoms with van der Waals surface area (Å²) in [4.78, 5) is 2.40. The van der Waals surface area contributed by atoms with E-state index < -0.39 is 0 Å². The first kappa shape index (κ1) is 12.4. The number of benzene rings is 1. The van der Waals surface area contributed by atoms with Crippen LogP contribution in [0.1, 0.15) is 31.7 Å². The van der Waals surface area contributed by atoms with Gasteiger partial charge in [0.2, 0.25) is 0 Å². The van der Waals surface area contributed by atoms with Gasteiger partial charge in [0, 0.05) is 23.2 Å². The highest BCUT2D eigenvalue weighted by molar-refractivity contribution is 9.10. The van der Waals surface area contributed by atoms with Gasteiger partial charge >= 0.3 is 0 Å². The van der Waals surface area contributed by atoms with Gasteiger partial charge in [-0.25, -0.2) is 0 Å². The average molecular weight is 293 g/mol. The molecule has 1 fully saturated rings. The summed E-state index contributed by atoms with van der Waals surface area (Å²) in [6, 6.07) is 8.17. The van der Waals surface area contributed by atoms with Crippen molar-refractivity contribution in [1.29, 1.82) is 5.26 Å². The molecule has 1 saturated heterocycles. The zero-order valence-electron chi connectivity index (χ0n) is 10.1. The molecule has 1 aromatic carbocycles. The van der Waals surface area contributed by atoms with Crippen molar-refractivity contribution < 1.29 is 0 Å². The number of hydrogen-bond donors (Lipinski definition) is 0. The standard InChI is InChI=1S/C14H17BrN2/c1-11-3-2-5-17(6-4-11)14-8-12(10-16)7-13(15)9-14/h7-9,11H,2-6H2,1H3. The Morgan fingerprint density at radius 3 is 2.88 bits per heavy atom. The summed E-state index contributed by atoms with van der Waals surface area (Å²) in [5, 5.41) is 8.99. The van der Waals surface area contributed by atoms with Gasteiger partial charge < -0.3 is 4.90 Å². The molecular formula is C14H17BrN2. The maximum absolute atomic E-state index is 8.99. The van der Waals surface area contributed by atoms with Crippen LogP contribution in [0.25, 0.3) is 0 Å². The third-order valence-corrected chi connectivity index (χ3v) is 3.85. The summed E-state index contributed by atoms with van der Waals surface area (Å²) >= 11 is 3.47. The molecular weight excluding hydrogens is 276 g/mol. The lowest BCUT2D eigenvalue weighted by Crippen LogP contribution is -2.24. The van der Waals surface area contributed by atoms with Crippen LogP contribution in [0.15, 0.2) is 22.7 Å². The Kier molecular flexibility index (Phi) is 4.06. The van der Waals surface area contributed by atoms with E-state index in [0.29, 0.717) is 0 Å². The summed E-state index contributed by atoms with van der Waals surface area (Å²) in [7, 11) is 0. The van der Waals surface area contributed by atoms with Crippen LogP contribution in [-0.2, 0) is 0 Å². The second-order valence-electron chi connectivity index (χ2n) is 4.83.